The number of ether oxygens (including phenoxy) is 1. The standard InChI is InChI=1S/C57H47NO/c1-56(2)53-35-40(44-24-14-19-38-17-5-7-21-43(38)44)29-31-47(53)48-32-30-42(36-54(48)56)58-33-13-3-4-16-39-20-15-27-52-49(39)34-41-18-6-12-28-55(41)59-37-57(52)50-25-10-8-22-45(50)46-23-9-11-26-51(46)57/h3-11,13-15,17-27,29-33,35-36,58H,12,16,28,34,37H2,1-2H3/b4-3-,33-13+. The fraction of sp³-hybridized carbons (Fsp3) is 0.158. The van der Waals surface area contributed by atoms with E-state index in [0.29, 0.717) is 6.61 Å². The van der Waals surface area contributed by atoms with Crippen LogP contribution in [-0.2, 0) is 28.4 Å². The SMILES string of the molecule is CC1(C)c2cc(N/C=C/C=C\Cc3cccc4c3CC3=C(CCC=C3)OCC43c4ccccc4-c4ccccc43)ccc2-c2ccc(-c3cccc4ccccc34)cc21. The average Bonchev–Trinajstić information content (AvgIpc) is 3.69. The summed E-state index contributed by atoms with van der Waals surface area (Å²) in [6.07, 6.45) is 17.0. The summed E-state index contributed by atoms with van der Waals surface area (Å²) in [5.41, 5.74) is 19.4. The normalized spacial score (nSPS) is 16.6. The molecule has 2 nitrogen and oxygen atoms in total. The number of hydrogen-bond acceptors (Lipinski definition) is 2. The zero-order valence-electron chi connectivity index (χ0n) is 33.8. The monoisotopic (exact) mass is 761 g/mol. The third-order valence-corrected chi connectivity index (χ3v) is 13.5. The first kappa shape index (κ1) is 35.5. The maximum Gasteiger partial charge on any atom is 0.106 e. The van der Waals surface area contributed by atoms with E-state index in [2.05, 4.69) is 201 Å². The van der Waals surface area contributed by atoms with Crippen molar-refractivity contribution in [1.82, 2.24) is 0 Å². The Morgan fingerprint density at radius 2 is 1.31 bits per heavy atom. The van der Waals surface area contributed by atoms with Crippen LogP contribution in [0.25, 0.3) is 44.2 Å². The van der Waals surface area contributed by atoms with Crippen LogP contribution in [0.4, 0.5) is 5.69 Å². The molecule has 7 aromatic carbocycles. The minimum Gasteiger partial charge on any atom is -0.496 e. The van der Waals surface area contributed by atoms with Crippen molar-refractivity contribution in [2.24, 2.45) is 0 Å². The first-order chi connectivity index (χ1) is 29.0. The van der Waals surface area contributed by atoms with Crippen LogP contribution < -0.4 is 5.32 Å². The lowest BCUT2D eigenvalue weighted by Gasteiger charge is -2.38. The molecule has 2 heteroatoms. The van der Waals surface area contributed by atoms with Gasteiger partial charge in [0, 0.05) is 30.1 Å². The summed E-state index contributed by atoms with van der Waals surface area (Å²) in [6, 6.07) is 54.1. The lowest BCUT2D eigenvalue weighted by Crippen LogP contribution is -2.35. The maximum absolute atomic E-state index is 6.88. The lowest BCUT2D eigenvalue weighted by atomic mass is 9.69. The molecule has 1 spiro atoms. The van der Waals surface area contributed by atoms with E-state index >= 15 is 0 Å². The average molecular weight is 762 g/mol. The molecule has 3 aliphatic carbocycles. The summed E-state index contributed by atoms with van der Waals surface area (Å²) in [7, 11) is 0. The first-order valence-electron chi connectivity index (χ1n) is 21.2. The van der Waals surface area contributed by atoms with Gasteiger partial charge in [0.2, 0.25) is 0 Å². The molecule has 0 atom stereocenters. The highest BCUT2D eigenvalue weighted by molar-refractivity contribution is 5.97. The van der Waals surface area contributed by atoms with E-state index in [4.69, 9.17) is 4.74 Å². The number of rotatable bonds is 6. The van der Waals surface area contributed by atoms with E-state index in [1.165, 1.54) is 88.7 Å². The number of hydrogen-bond donors (Lipinski definition) is 1. The second-order valence-corrected chi connectivity index (χ2v) is 17.1. The van der Waals surface area contributed by atoms with Crippen LogP contribution in [0.3, 0.4) is 0 Å². The Morgan fingerprint density at radius 1 is 0.627 bits per heavy atom. The largest absolute Gasteiger partial charge is 0.496 e. The molecule has 1 heterocycles. The summed E-state index contributed by atoms with van der Waals surface area (Å²) in [5.74, 6) is 1.16. The highest BCUT2D eigenvalue weighted by Gasteiger charge is 2.47. The van der Waals surface area contributed by atoms with Crippen molar-refractivity contribution in [2.75, 3.05) is 11.9 Å². The summed E-state index contributed by atoms with van der Waals surface area (Å²) >= 11 is 0. The minimum atomic E-state index is -0.364. The molecule has 286 valence electrons. The molecule has 1 aliphatic heterocycles. The summed E-state index contributed by atoms with van der Waals surface area (Å²) in [6.45, 7) is 5.33. The summed E-state index contributed by atoms with van der Waals surface area (Å²) < 4.78 is 6.88. The van der Waals surface area contributed by atoms with Gasteiger partial charge in [-0.25, -0.2) is 0 Å². The third-order valence-electron chi connectivity index (χ3n) is 13.5. The summed E-state index contributed by atoms with van der Waals surface area (Å²) in [4.78, 5) is 0. The van der Waals surface area contributed by atoms with Crippen molar-refractivity contribution < 1.29 is 4.74 Å². The molecule has 0 radical (unpaired) electrons. The van der Waals surface area contributed by atoms with Gasteiger partial charge in [0.05, 0.1) is 11.2 Å². The topological polar surface area (TPSA) is 21.3 Å². The molecule has 59 heavy (non-hydrogen) atoms. The van der Waals surface area contributed by atoms with Crippen LogP contribution >= 0.6 is 0 Å². The maximum atomic E-state index is 6.88. The minimum absolute atomic E-state index is 0.114. The van der Waals surface area contributed by atoms with Gasteiger partial charge in [-0.15, -0.1) is 0 Å². The molecule has 7 aromatic rings. The second-order valence-electron chi connectivity index (χ2n) is 17.1. The van der Waals surface area contributed by atoms with Crippen molar-refractivity contribution in [2.45, 2.75) is 50.4 Å². The number of allylic oxidation sites excluding steroid dienone is 7. The van der Waals surface area contributed by atoms with Crippen molar-refractivity contribution in [1.29, 1.82) is 0 Å². The smallest absolute Gasteiger partial charge is 0.106 e. The van der Waals surface area contributed by atoms with Gasteiger partial charge in [-0.2, -0.15) is 0 Å². The predicted octanol–water partition coefficient (Wildman–Crippen LogP) is 14.0. The highest BCUT2D eigenvalue weighted by Crippen LogP contribution is 2.55. The number of nitrogens with one attached hydrogen (secondary N) is 1. The van der Waals surface area contributed by atoms with Gasteiger partial charge in [0.1, 0.15) is 6.61 Å². The first-order valence-corrected chi connectivity index (χ1v) is 21.2. The van der Waals surface area contributed by atoms with Gasteiger partial charge in [0.25, 0.3) is 0 Å². The molecule has 1 N–H and O–H groups in total. The Hall–Kier alpha value is -6.64. The molecule has 0 fully saturated rings. The molecule has 4 aliphatic rings. The van der Waals surface area contributed by atoms with E-state index < -0.39 is 0 Å². The van der Waals surface area contributed by atoms with E-state index in [9.17, 15) is 0 Å². The zero-order chi connectivity index (χ0) is 39.6. The predicted molar refractivity (Wildman–Crippen MR) is 246 cm³/mol. The zero-order valence-corrected chi connectivity index (χ0v) is 33.8. The summed E-state index contributed by atoms with van der Waals surface area (Å²) in [5, 5.41) is 6.15. The Morgan fingerprint density at radius 3 is 2.15 bits per heavy atom. The Kier molecular flexibility index (Phi) is 8.44. The van der Waals surface area contributed by atoms with Crippen LogP contribution in [0.2, 0.25) is 0 Å². The Bertz CT molecular complexity index is 2900. The fourth-order valence-electron chi connectivity index (χ4n) is 10.6. The molecule has 0 aromatic heterocycles. The van der Waals surface area contributed by atoms with E-state index in [-0.39, 0.29) is 10.8 Å². The number of benzene rings is 7. The van der Waals surface area contributed by atoms with Gasteiger partial charge in [-0.05, 0) is 126 Å². The highest BCUT2D eigenvalue weighted by atomic mass is 16.5. The van der Waals surface area contributed by atoms with Crippen molar-refractivity contribution >= 4 is 16.5 Å². The Labute approximate surface area is 347 Å². The molecule has 0 amide bonds. The van der Waals surface area contributed by atoms with Gasteiger partial charge in [0.15, 0.2) is 0 Å². The molecule has 0 bridgehead atoms. The van der Waals surface area contributed by atoms with Crippen LogP contribution in [0.1, 0.15) is 65.6 Å². The van der Waals surface area contributed by atoms with E-state index in [1.807, 2.05) is 0 Å². The van der Waals surface area contributed by atoms with Crippen LogP contribution in [0.15, 0.2) is 194 Å². The van der Waals surface area contributed by atoms with Crippen molar-refractivity contribution in [3.63, 3.8) is 0 Å². The molecular formula is C57H47NO. The molecular weight excluding hydrogens is 715 g/mol. The fourth-order valence-corrected chi connectivity index (χ4v) is 10.6. The van der Waals surface area contributed by atoms with Gasteiger partial charge in [-0.3, -0.25) is 0 Å². The van der Waals surface area contributed by atoms with E-state index in [1.54, 1.807) is 0 Å². The van der Waals surface area contributed by atoms with Gasteiger partial charge < -0.3 is 10.1 Å². The van der Waals surface area contributed by atoms with E-state index in [0.717, 1.165) is 37.1 Å². The molecule has 0 unspecified atom stereocenters. The van der Waals surface area contributed by atoms with Crippen LogP contribution in [0, 0.1) is 0 Å². The van der Waals surface area contributed by atoms with Gasteiger partial charge in [-0.1, -0.05) is 166 Å². The second kappa shape index (κ2) is 14.0. The molecule has 0 saturated carbocycles. The molecule has 11 rings (SSSR count). The van der Waals surface area contributed by atoms with Crippen molar-refractivity contribution in [3.05, 3.63) is 232 Å². The Balaban J connectivity index is 0.855. The number of fused-ring (bicyclic) bond motifs is 11. The molecule has 0 saturated heterocycles. The van der Waals surface area contributed by atoms with Crippen LogP contribution in [-0.4, -0.2) is 6.61 Å². The lowest BCUT2D eigenvalue weighted by molar-refractivity contribution is 0.163. The quantitative estimate of drug-likeness (QED) is 0.170. The van der Waals surface area contributed by atoms with Crippen molar-refractivity contribution in [3.8, 4) is 33.4 Å². The third kappa shape index (κ3) is 5.69. The van der Waals surface area contributed by atoms with Crippen LogP contribution in [0.5, 0.6) is 0 Å². The van der Waals surface area contributed by atoms with Gasteiger partial charge >= 0.3 is 0 Å². The number of anilines is 1.